The molecule has 0 spiro atoms. The van der Waals surface area contributed by atoms with Gasteiger partial charge in [0.2, 0.25) is 0 Å². The quantitative estimate of drug-likeness (QED) is 0.808. The van der Waals surface area contributed by atoms with Crippen molar-refractivity contribution in [3.63, 3.8) is 0 Å². The molecule has 1 nitrogen and oxygen atoms in total. The number of hydrogen-bond acceptors (Lipinski definition) is 2. The molecule has 1 aromatic heterocycles. The van der Waals surface area contributed by atoms with Crippen molar-refractivity contribution in [2.45, 2.75) is 6.42 Å². The second-order valence-corrected chi connectivity index (χ2v) is 5.32. The molecule has 0 unspecified atom stereocenters. The summed E-state index contributed by atoms with van der Waals surface area (Å²) >= 11 is 7.77. The second-order valence-electron chi connectivity index (χ2n) is 3.97. The molecule has 0 radical (unpaired) electrons. The zero-order chi connectivity index (χ0) is 11.0. The standard InChI is InChI=1S/C13H12ClNS/c14-10-1-2-11-12(8-16-13(11)7-10)9-3-5-15-6-4-9/h1-3,7-8,15H,4-6H2. The van der Waals surface area contributed by atoms with E-state index >= 15 is 0 Å². The summed E-state index contributed by atoms with van der Waals surface area (Å²) in [5.41, 5.74) is 2.85. The SMILES string of the molecule is Clc1ccc2c(C3=CCNCC3)csc2c1. The first-order valence-corrected chi connectivity index (χ1v) is 6.67. The first-order chi connectivity index (χ1) is 7.84. The average molecular weight is 250 g/mol. The van der Waals surface area contributed by atoms with Gasteiger partial charge in [0.05, 0.1) is 0 Å². The van der Waals surface area contributed by atoms with Crippen LogP contribution >= 0.6 is 22.9 Å². The van der Waals surface area contributed by atoms with Gasteiger partial charge in [0.1, 0.15) is 0 Å². The van der Waals surface area contributed by atoms with Crippen molar-refractivity contribution in [1.29, 1.82) is 0 Å². The summed E-state index contributed by atoms with van der Waals surface area (Å²) in [5.74, 6) is 0. The Morgan fingerprint density at radius 2 is 2.25 bits per heavy atom. The molecule has 0 atom stereocenters. The van der Waals surface area contributed by atoms with Gasteiger partial charge in [0.15, 0.2) is 0 Å². The fraction of sp³-hybridized carbons (Fsp3) is 0.231. The van der Waals surface area contributed by atoms with Crippen LogP contribution in [0.25, 0.3) is 15.7 Å². The van der Waals surface area contributed by atoms with Gasteiger partial charge in [0.25, 0.3) is 0 Å². The Bertz CT molecular complexity index is 556. The normalized spacial score (nSPS) is 16.4. The highest BCUT2D eigenvalue weighted by molar-refractivity contribution is 7.17. The summed E-state index contributed by atoms with van der Waals surface area (Å²) < 4.78 is 1.28. The molecule has 1 aliphatic heterocycles. The maximum absolute atomic E-state index is 6.00. The highest BCUT2D eigenvalue weighted by atomic mass is 35.5. The van der Waals surface area contributed by atoms with E-state index in [2.05, 4.69) is 22.8 Å². The van der Waals surface area contributed by atoms with Crippen molar-refractivity contribution in [3.05, 3.63) is 40.2 Å². The molecule has 1 N–H and O–H groups in total. The van der Waals surface area contributed by atoms with Crippen LogP contribution in [-0.4, -0.2) is 13.1 Å². The van der Waals surface area contributed by atoms with Crippen molar-refractivity contribution in [2.75, 3.05) is 13.1 Å². The lowest BCUT2D eigenvalue weighted by Crippen LogP contribution is -2.19. The molecule has 0 amide bonds. The molecule has 1 aliphatic rings. The minimum absolute atomic E-state index is 0.820. The predicted molar refractivity (Wildman–Crippen MR) is 72.3 cm³/mol. The van der Waals surface area contributed by atoms with Gasteiger partial charge in [0, 0.05) is 21.7 Å². The Labute approximate surface area is 104 Å². The summed E-state index contributed by atoms with van der Waals surface area (Å²) in [6, 6.07) is 6.15. The Hall–Kier alpha value is -0.830. The number of hydrogen-bond donors (Lipinski definition) is 1. The van der Waals surface area contributed by atoms with Gasteiger partial charge in [-0.25, -0.2) is 0 Å². The maximum atomic E-state index is 6.00. The van der Waals surface area contributed by atoms with E-state index < -0.39 is 0 Å². The lowest BCUT2D eigenvalue weighted by molar-refractivity contribution is 0.739. The molecular weight excluding hydrogens is 238 g/mol. The van der Waals surface area contributed by atoms with Gasteiger partial charge in [-0.05, 0) is 41.6 Å². The van der Waals surface area contributed by atoms with Gasteiger partial charge >= 0.3 is 0 Å². The van der Waals surface area contributed by atoms with Crippen LogP contribution in [0, 0.1) is 0 Å². The number of fused-ring (bicyclic) bond motifs is 1. The number of benzene rings is 1. The molecule has 0 aliphatic carbocycles. The molecule has 0 fully saturated rings. The van der Waals surface area contributed by atoms with E-state index in [1.807, 2.05) is 12.1 Å². The summed E-state index contributed by atoms with van der Waals surface area (Å²) in [6.45, 7) is 2.07. The van der Waals surface area contributed by atoms with Gasteiger partial charge in [-0.3, -0.25) is 0 Å². The summed E-state index contributed by atoms with van der Waals surface area (Å²) in [6.07, 6.45) is 3.41. The largest absolute Gasteiger partial charge is 0.313 e. The minimum Gasteiger partial charge on any atom is -0.313 e. The first-order valence-electron chi connectivity index (χ1n) is 5.41. The first kappa shape index (κ1) is 10.3. The monoisotopic (exact) mass is 249 g/mol. The summed E-state index contributed by atoms with van der Waals surface area (Å²) in [7, 11) is 0. The number of nitrogens with one attached hydrogen (secondary N) is 1. The zero-order valence-corrected chi connectivity index (χ0v) is 10.4. The van der Waals surface area contributed by atoms with Crippen LogP contribution in [0.15, 0.2) is 29.7 Å². The fourth-order valence-corrected chi connectivity index (χ4v) is 3.38. The third-order valence-corrected chi connectivity index (χ3v) is 4.13. The molecule has 16 heavy (non-hydrogen) atoms. The van der Waals surface area contributed by atoms with Crippen LogP contribution in [0.4, 0.5) is 0 Å². The molecule has 0 saturated carbocycles. The van der Waals surface area contributed by atoms with Crippen molar-refractivity contribution in [2.24, 2.45) is 0 Å². The van der Waals surface area contributed by atoms with Crippen LogP contribution in [0.2, 0.25) is 5.02 Å². The van der Waals surface area contributed by atoms with Crippen molar-refractivity contribution in [1.82, 2.24) is 5.32 Å². The highest BCUT2D eigenvalue weighted by Gasteiger charge is 2.10. The van der Waals surface area contributed by atoms with Gasteiger partial charge in [-0.1, -0.05) is 23.7 Å². The van der Waals surface area contributed by atoms with E-state index in [9.17, 15) is 0 Å². The second kappa shape index (κ2) is 4.21. The average Bonchev–Trinajstić information content (AvgIpc) is 2.73. The Morgan fingerprint density at radius 1 is 1.31 bits per heavy atom. The van der Waals surface area contributed by atoms with Crippen LogP contribution in [-0.2, 0) is 0 Å². The van der Waals surface area contributed by atoms with Gasteiger partial charge in [-0.15, -0.1) is 11.3 Å². The van der Waals surface area contributed by atoms with E-state index in [4.69, 9.17) is 11.6 Å². The molecule has 0 saturated heterocycles. The molecule has 0 bridgehead atoms. The summed E-state index contributed by atoms with van der Waals surface area (Å²) in [5, 5.41) is 7.74. The molecule has 3 heteroatoms. The zero-order valence-electron chi connectivity index (χ0n) is 8.79. The summed E-state index contributed by atoms with van der Waals surface area (Å²) in [4.78, 5) is 0. The highest BCUT2D eigenvalue weighted by Crippen LogP contribution is 2.34. The smallest absolute Gasteiger partial charge is 0.0420 e. The van der Waals surface area contributed by atoms with Crippen LogP contribution < -0.4 is 5.32 Å². The van der Waals surface area contributed by atoms with Crippen LogP contribution in [0.3, 0.4) is 0 Å². The lowest BCUT2D eigenvalue weighted by atomic mass is 10.00. The molecule has 2 heterocycles. The Morgan fingerprint density at radius 3 is 3.06 bits per heavy atom. The van der Waals surface area contributed by atoms with E-state index in [0.29, 0.717) is 0 Å². The van der Waals surface area contributed by atoms with Crippen molar-refractivity contribution in [3.8, 4) is 0 Å². The number of rotatable bonds is 1. The van der Waals surface area contributed by atoms with E-state index in [-0.39, 0.29) is 0 Å². The number of halogens is 1. The van der Waals surface area contributed by atoms with Gasteiger partial charge in [-0.2, -0.15) is 0 Å². The lowest BCUT2D eigenvalue weighted by Gasteiger charge is -2.13. The third kappa shape index (κ3) is 1.77. The van der Waals surface area contributed by atoms with Crippen LogP contribution in [0.5, 0.6) is 0 Å². The Kier molecular flexibility index (Phi) is 2.72. The van der Waals surface area contributed by atoms with E-state index in [0.717, 1.165) is 24.5 Å². The molecule has 2 aromatic rings. The van der Waals surface area contributed by atoms with Gasteiger partial charge < -0.3 is 5.32 Å². The maximum Gasteiger partial charge on any atom is 0.0420 e. The van der Waals surface area contributed by atoms with Crippen molar-refractivity contribution < 1.29 is 0 Å². The van der Waals surface area contributed by atoms with Crippen molar-refractivity contribution >= 4 is 38.6 Å². The third-order valence-electron chi connectivity index (χ3n) is 2.95. The van der Waals surface area contributed by atoms with E-state index in [1.54, 1.807) is 11.3 Å². The Balaban J connectivity index is 2.13. The number of thiophene rings is 1. The minimum atomic E-state index is 0.820. The van der Waals surface area contributed by atoms with Crippen LogP contribution in [0.1, 0.15) is 12.0 Å². The molecule has 1 aromatic carbocycles. The van der Waals surface area contributed by atoms with E-state index in [1.165, 1.54) is 21.2 Å². The topological polar surface area (TPSA) is 12.0 Å². The molecular formula is C13H12ClNS. The molecule has 82 valence electrons. The predicted octanol–water partition coefficient (Wildman–Crippen LogP) is 3.93. The molecule has 3 rings (SSSR count). The fourth-order valence-electron chi connectivity index (χ4n) is 2.12.